The van der Waals surface area contributed by atoms with Gasteiger partial charge in [-0.15, -0.1) is 0 Å². The monoisotopic (exact) mass is 405 g/mol. The number of carbonyl (C=O) groups is 1. The van der Waals surface area contributed by atoms with E-state index in [9.17, 15) is 13.2 Å². The number of anilines is 1. The minimum atomic E-state index is -3.32. The summed E-state index contributed by atoms with van der Waals surface area (Å²) >= 11 is 5.94. The number of nitrogens with one attached hydrogen (secondary N) is 1. The maximum absolute atomic E-state index is 12.6. The number of rotatable bonds is 7. The minimum absolute atomic E-state index is 0.0245. The van der Waals surface area contributed by atoms with Crippen LogP contribution in [0.15, 0.2) is 48.5 Å². The Bertz CT molecular complexity index is 965. The van der Waals surface area contributed by atoms with E-state index in [1.54, 1.807) is 24.3 Å². The lowest BCUT2D eigenvalue weighted by Crippen LogP contribution is -2.24. The molecule has 1 heterocycles. The zero-order valence-electron chi connectivity index (χ0n) is 15.1. The predicted octanol–water partition coefficient (Wildman–Crippen LogP) is 3.38. The van der Waals surface area contributed by atoms with Gasteiger partial charge in [0.15, 0.2) is 5.71 Å². The summed E-state index contributed by atoms with van der Waals surface area (Å²) in [6.45, 7) is 1.21. The molecular weight excluding hydrogens is 384 g/mol. The Morgan fingerprint density at radius 1 is 1.11 bits per heavy atom. The molecule has 7 heteroatoms. The van der Waals surface area contributed by atoms with Crippen molar-refractivity contribution in [3.8, 4) is 0 Å². The van der Waals surface area contributed by atoms with E-state index >= 15 is 0 Å². The van der Waals surface area contributed by atoms with Gasteiger partial charge in [0, 0.05) is 29.1 Å². The van der Waals surface area contributed by atoms with Crippen LogP contribution in [-0.2, 0) is 16.4 Å². The minimum Gasteiger partial charge on any atom is -0.287 e. The van der Waals surface area contributed by atoms with Crippen molar-refractivity contribution in [3.05, 3.63) is 64.7 Å². The van der Waals surface area contributed by atoms with Crippen LogP contribution < -0.4 is 4.72 Å². The summed E-state index contributed by atoms with van der Waals surface area (Å²) in [6.07, 6.45) is 3.96. The zero-order chi connectivity index (χ0) is 19.4. The van der Waals surface area contributed by atoms with Gasteiger partial charge >= 0.3 is 0 Å². The van der Waals surface area contributed by atoms with Crippen molar-refractivity contribution < 1.29 is 17.8 Å². The number of hydrogen-bond donors (Lipinski definition) is 1. The maximum Gasteiger partial charge on any atom is 0.229 e. The predicted molar refractivity (Wildman–Crippen MR) is 109 cm³/mol. The number of sulfonamides is 1. The number of carbonyl (C=O) groups excluding carboxylic acids is 1. The SMILES string of the molecule is CS(=O)(=O)Nc1ccc(C(=O)C[N+]2=C(Cc3ccc(Cl)cc3)CCC2)cc1. The summed E-state index contributed by atoms with van der Waals surface area (Å²) in [4.78, 5) is 12.6. The molecule has 1 aliphatic rings. The third-order valence-corrected chi connectivity index (χ3v) is 5.37. The van der Waals surface area contributed by atoms with Gasteiger partial charge in [0.05, 0.1) is 12.7 Å². The molecule has 0 bridgehead atoms. The molecular formula is C20H22ClN2O3S+. The topological polar surface area (TPSA) is 66.2 Å². The Morgan fingerprint density at radius 2 is 1.78 bits per heavy atom. The zero-order valence-corrected chi connectivity index (χ0v) is 16.7. The fourth-order valence-corrected chi connectivity index (χ4v) is 3.91. The van der Waals surface area contributed by atoms with Crippen LogP contribution >= 0.6 is 11.6 Å². The van der Waals surface area contributed by atoms with Crippen molar-refractivity contribution in [2.24, 2.45) is 0 Å². The second-order valence-electron chi connectivity index (χ2n) is 6.77. The first-order valence-corrected chi connectivity index (χ1v) is 11.0. The molecule has 27 heavy (non-hydrogen) atoms. The summed E-state index contributed by atoms with van der Waals surface area (Å²) in [6, 6.07) is 14.3. The first-order chi connectivity index (χ1) is 12.8. The van der Waals surface area contributed by atoms with Crippen LogP contribution in [0, 0.1) is 0 Å². The van der Waals surface area contributed by atoms with Crippen LogP contribution in [-0.4, -0.2) is 43.8 Å². The van der Waals surface area contributed by atoms with Crippen LogP contribution in [0.3, 0.4) is 0 Å². The standard InChI is InChI=1S/C20H21ClN2O3S/c1-27(25,26)22-18-10-6-16(7-11-18)20(24)14-23-12-2-3-19(23)13-15-4-8-17(21)9-5-15/h4-11H,2-3,12-14H2,1H3/p+1. The van der Waals surface area contributed by atoms with E-state index in [1.807, 2.05) is 24.3 Å². The van der Waals surface area contributed by atoms with Gasteiger partial charge < -0.3 is 0 Å². The number of Topliss-reactive ketones (excluding diaryl/α,β-unsaturated/α-hetero) is 1. The first kappa shape index (κ1) is 19.6. The van der Waals surface area contributed by atoms with Crippen LogP contribution in [0.1, 0.15) is 28.8 Å². The molecule has 0 saturated heterocycles. The van der Waals surface area contributed by atoms with E-state index in [0.717, 1.165) is 37.1 Å². The van der Waals surface area contributed by atoms with E-state index in [0.29, 0.717) is 17.8 Å². The molecule has 142 valence electrons. The van der Waals surface area contributed by atoms with Crippen LogP contribution in [0.2, 0.25) is 5.02 Å². The molecule has 0 atom stereocenters. The highest BCUT2D eigenvalue weighted by Crippen LogP contribution is 2.16. The van der Waals surface area contributed by atoms with E-state index in [1.165, 1.54) is 11.3 Å². The van der Waals surface area contributed by atoms with E-state index < -0.39 is 10.0 Å². The molecule has 0 amide bonds. The molecule has 3 rings (SSSR count). The van der Waals surface area contributed by atoms with Gasteiger partial charge in [-0.05, 0) is 42.0 Å². The van der Waals surface area contributed by atoms with E-state index in [4.69, 9.17) is 11.6 Å². The fraction of sp³-hybridized carbons (Fsp3) is 0.300. The molecule has 0 aromatic heterocycles. The van der Waals surface area contributed by atoms with Crippen molar-refractivity contribution in [3.63, 3.8) is 0 Å². The van der Waals surface area contributed by atoms with Gasteiger partial charge in [-0.25, -0.2) is 13.0 Å². The summed E-state index contributed by atoms with van der Waals surface area (Å²) in [7, 11) is -3.32. The van der Waals surface area contributed by atoms with Gasteiger partial charge in [-0.2, -0.15) is 0 Å². The molecule has 0 fully saturated rings. The Morgan fingerprint density at radius 3 is 2.41 bits per heavy atom. The molecule has 1 N–H and O–H groups in total. The Balaban J connectivity index is 1.69. The highest BCUT2D eigenvalue weighted by Gasteiger charge is 2.25. The number of halogens is 1. The third-order valence-electron chi connectivity index (χ3n) is 4.51. The summed E-state index contributed by atoms with van der Waals surface area (Å²) in [5.74, 6) is 0.0245. The van der Waals surface area contributed by atoms with Crippen molar-refractivity contribution in [1.29, 1.82) is 0 Å². The highest BCUT2D eigenvalue weighted by molar-refractivity contribution is 7.92. The lowest BCUT2D eigenvalue weighted by atomic mass is 10.1. The third kappa shape index (κ3) is 5.65. The highest BCUT2D eigenvalue weighted by atomic mass is 35.5. The lowest BCUT2D eigenvalue weighted by Gasteiger charge is -2.06. The molecule has 0 unspecified atom stereocenters. The van der Waals surface area contributed by atoms with Crippen molar-refractivity contribution >= 4 is 38.8 Å². The second kappa shape index (κ2) is 8.23. The Hall–Kier alpha value is -2.18. The van der Waals surface area contributed by atoms with Crippen molar-refractivity contribution in [1.82, 2.24) is 0 Å². The van der Waals surface area contributed by atoms with E-state index in [2.05, 4.69) is 9.30 Å². The Kier molecular flexibility index (Phi) is 5.97. The summed E-state index contributed by atoms with van der Waals surface area (Å²) < 4.78 is 27.1. The average molecular weight is 406 g/mol. The van der Waals surface area contributed by atoms with Gasteiger partial charge in [-0.1, -0.05) is 23.7 Å². The Labute approximate surface area is 164 Å². The summed E-state index contributed by atoms with van der Waals surface area (Å²) in [5, 5.41) is 0.719. The van der Waals surface area contributed by atoms with E-state index in [-0.39, 0.29) is 5.78 Å². The molecule has 0 radical (unpaired) electrons. The van der Waals surface area contributed by atoms with Crippen LogP contribution in [0.5, 0.6) is 0 Å². The van der Waals surface area contributed by atoms with Crippen LogP contribution in [0.4, 0.5) is 5.69 Å². The molecule has 0 aliphatic carbocycles. The number of nitrogens with zero attached hydrogens (tertiary/aromatic N) is 1. The second-order valence-corrected chi connectivity index (χ2v) is 8.95. The maximum atomic E-state index is 12.6. The van der Waals surface area contributed by atoms with Gasteiger partial charge in [0.1, 0.15) is 6.54 Å². The first-order valence-electron chi connectivity index (χ1n) is 8.75. The number of benzene rings is 2. The van der Waals surface area contributed by atoms with Gasteiger partial charge in [0.25, 0.3) is 0 Å². The average Bonchev–Trinajstić information content (AvgIpc) is 3.03. The molecule has 2 aromatic rings. The van der Waals surface area contributed by atoms with Crippen molar-refractivity contribution in [2.45, 2.75) is 19.3 Å². The van der Waals surface area contributed by atoms with Gasteiger partial charge in [-0.3, -0.25) is 9.52 Å². The molecule has 0 spiro atoms. The quantitative estimate of drug-likeness (QED) is 0.567. The lowest BCUT2D eigenvalue weighted by molar-refractivity contribution is -0.507. The largest absolute Gasteiger partial charge is 0.287 e. The molecule has 2 aromatic carbocycles. The summed E-state index contributed by atoms with van der Waals surface area (Å²) in [5.41, 5.74) is 3.47. The number of hydrogen-bond acceptors (Lipinski definition) is 3. The molecule has 1 aliphatic heterocycles. The van der Waals surface area contributed by atoms with Gasteiger partial charge in [0.2, 0.25) is 22.4 Å². The normalized spacial score (nSPS) is 14.4. The van der Waals surface area contributed by atoms with Crippen LogP contribution in [0.25, 0.3) is 0 Å². The smallest absolute Gasteiger partial charge is 0.229 e. The van der Waals surface area contributed by atoms with Crippen molar-refractivity contribution in [2.75, 3.05) is 24.1 Å². The fourth-order valence-electron chi connectivity index (χ4n) is 3.22. The number of ketones is 1. The molecule has 5 nitrogen and oxygen atoms in total. The molecule has 0 saturated carbocycles.